The minimum atomic E-state index is -0.601. The number of aromatic nitrogens is 2. The fraction of sp³-hybridized carbons (Fsp3) is 0.292. The minimum absolute atomic E-state index is 0.372. The van der Waals surface area contributed by atoms with Gasteiger partial charge in [-0.2, -0.15) is 0 Å². The van der Waals surface area contributed by atoms with Crippen molar-refractivity contribution in [3.05, 3.63) is 66.2 Å². The first kappa shape index (κ1) is 21.3. The fourth-order valence-electron chi connectivity index (χ4n) is 3.13. The van der Waals surface area contributed by atoms with Gasteiger partial charge in [0.15, 0.2) is 0 Å². The summed E-state index contributed by atoms with van der Waals surface area (Å²) in [6.07, 6.45) is -0.452. The topological polar surface area (TPSA) is 90.1 Å². The van der Waals surface area contributed by atoms with Crippen LogP contribution in [0.15, 0.2) is 60.7 Å². The van der Waals surface area contributed by atoms with Crippen molar-refractivity contribution in [2.45, 2.75) is 45.8 Å². The van der Waals surface area contributed by atoms with Crippen LogP contribution in [0.2, 0.25) is 0 Å². The van der Waals surface area contributed by atoms with Crippen LogP contribution in [0.25, 0.3) is 22.4 Å². The monoisotopic (exact) mass is 404 g/mol. The van der Waals surface area contributed by atoms with Gasteiger partial charge in [0.05, 0.1) is 5.54 Å². The smallest absolute Gasteiger partial charge is 0.408 e. The van der Waals surface area contributed by atoms with Crippen molar-refractivity contribution in [1.29, 1.82) is 0 Å². The van der Waals surface area contributed by atoms with Crippen LogP contribution in [0.3, 0.4) is 0 Å². The lowest BCUT2D eigenvalue weighted by atomic mass is 9.92. The molecule has 0 radical (unpaired) electrons. The number of nitrogen functional groups attached to an aromatic ring is 1. The molecule has 0 aliphatic heterocycles. The highest BCUT2D eigenvalue weighted by Gasteiger charge is 2.26. The third-order valence-electron chi connectivity index (χ3n) is 4.59. The van der Waals surface area contributed by atoms with Crippen LogP contribution in [0.1, 0.15) is 40.2 Å². The first-order valence-electron chi connectivity index (χ1n) is 9.86. The number of carbonyl (C=O) groups excluding carboxylic acids is 1. The van der Waals surface area contributed by atoms with Crippen LogP contribution in [-0.2, 0) is 10.3 Å². The Bertz CT molecular complexity index is 1020. The van der Waals surface area contributed by atoms with Gasteiger partial charge in [0, 0.05) is 11.1 Å². The largest absolute Gasteiger partial charge is 0.444 e. The van der Waals surface area contributed by atoms with E-state index in [9.17, 15) is 4.79 Å². The van der Waals surface area contributed by atoms with Crippen LogP contribution in [0, 0.1) is 0 Å². The number of nitrogens with zero attached hydrogens (tertiary/aromatic N) is 2. The van der Waals surface area contributed by atoms with E-state index in [-0.39, 0.29) is 0 Å². The lowest BCUT2D eigenvalue weighted by Gasteiger charge is -2.29. The summed E-state index contributed by atoms with van der Waals surface area (Å²) < 4.78 is 5.38. The number of benzene rings is 2. The predicted octanol–water partition coefficient (Wildman–Crippen LogP) is 5.15. The predicted molar refractivity (Wildman–Crippen MR) is 120 cm³/mol. The summed E-state index contributed by atoms with van der Waals surface area (Å²) in [6.45, 7) is 9.39. The maximum atomic E-state index is 12.2. The maximum absolute atomic E-state index is 12.2. The third kappa shape index (κ3) is 5.14. The Labute approximate surface area is 177 Å². The molecule has 0 atom stereocenters. The number of hydrogen-bond acceptors (Lipinski definition) is 5. The molecule has 2 aromatic carbocycles. The van der Waals surface area contributed by atoms with Gasteiger partial charge in [0.1, 0.15) is 17.1 Å². The molecule has 3 aromatic rings. The molecular weight excluding hydrogens is 376 g/mol. The molecule has 6 nitrogen and oxygen atoms in total. The summed E-state index contributed by atoms with van der Waals surface area (Å²) in [4.78, 5) is 12.2. The van der Waals surface area contributed by atoms with E-state index < -0.39 is 17.2 Å². The summed E-state index contributed by atoms with van der Waals surface area (Å²) >= 11 is 0. The average Bonchev–Trinajstić information content (AvgIpc) is 2.67. The van der Waals surface area contributed by atoms with E-state index >= 15 is 0 Å². The molecule has 0 aliphatic carbocycles. The van der Waals surface area contributed by atoms with Crippen LogP contribution < -0.4 is 11.1 Å². The van der Waals surface area contributed by atoms with Crippen molar-refractivity contribution in [2.24, 2.45) is 0 Å². The molecular formula is C24H28N4O2. The van der Waals surface area contributed by atoms with Gasteiger partial charge >= 0.3 is 6.09 Å². The summed E-state index contributed by atoms with van der Waals surface area (Å²) in [5.74, 6) is 0.372. The van der Waals surface area contributed by atoms with Crippen LogP contribution in [-0.4, -0.2) is 21.9 Å². The zero-order valence-corrected chi connectivity index (χ0v) is 18.1. The molecule has 0 spiro atoms. The summed E-state index contributed by atoms with van der Waals surface area (Å²) in [6, 6.07) is 19.7. The summed E-state index contributed by atoms with van der Waals surface area (Å²) in [5.41, 5.74) is 9.29. The van der Waals surface area contributed by atoms with E-state index in [1.54, 1.807) is 0 Å². The molecule has 3 N–H and O–H groups in total. The second-order valence-electron chi connectivity index (χ2n) is 8.73. The average molecular weight is 405 g/mol. The normalized spacial score (nSPS) is 11.8. The molecule has 6 heteroatoms. The molecule has 1 heterocycles. The minimum Gasteiger partial charge on any atom is -0.444 e. The van der Waals surface area contributed by atoms with Crippen LogP contribution in [0.4, 0.5) is 10.6 Å². The van der Waals surface area contributed by atoms with E-state index in [2.05, 4.69) is 15.5 Å². The Kier molecular flexibility index (Phi) is 5.78. The SMILES string of the molecule is CC(C)(C)OC(=O)NC(C)(C)c1ccc(-c2nnc(N)cc2-c2ccccc2)cc1. The molecule has 1 amide bonds. The van der Waals surface area contributed by atoms with Gasteiger partial charge in [-0.15, -0.1) is 10.2 Å². The van der Waals surface area contributed by atoms with E-state index in [0.29, 0.717) is 5.82 Å². The highest BCUT2D eigenvalue weighted by atomic mass is 16.6. The fourth-order valence-corrected chi connectivity index (χ4v) is 3.13. The molecule has 0 saturated heterocycles. The highest BCUT2D eigenvalue weighted by Crippen LogP contribution is 2.32. The molecule has 0 unspecified atom stereocenters. The highest BCUT2D eigenvalue weighted by molar-refractivity contribution is 5.81. The molecule has 156 valence electrons. The summed E-state index contributed by atoms with van der Waals surface area (Å²) in [5, 5.41) is 11.3. The number of anilines is 1. The molecule has 0 saturated carbocycles. The van der Waals surface area contributed by atoms with Gasteiger partial charge in [-0.25, -0.2) is 4.79 Å². The number of carbonyl (C=O) groups is 1. The van der Waals surface area contributed by atoms with Crippen LogP contribution >= 0.6 is 0 Å². The Hall–Kier alpha value is -3.41. The Morgan fingerprint density at radius 3 is 2.13 bits per heavy atom. The molecule has 3 rings (SSSR count). The quantitative estimate of drug-likeness (QED) is 0.627. The van der Waals surface area contributed by atoms with Crippen molar-refractivity contribution >= 4 is 11.9 Å². The van der Waals surface area contributed by atoms with Gasteiger partial charge < -0.3 is 15.8 Å². The number of alkyl carbamates (subject to hydrolysis) is 1. The molecule has 30 heavy (non-hydrogen) atoms. The number of nitrogens with two attached hydrogens (primary N) is 1. The molecule has 0 aliphatic rings. The van der Waals surface area contributed by atoms with E-state index in [0.717, 1.165) is 27.9 Å². The van der Waals surface area contributed by atoms with Gasteiger partial charge in [-0.1, -0.05) is 54.6 Å². The Morgan fingerprint density at radius 1 is 0.900 bits per heavy atom. The van der Waals surface area contributed by atoms with E-state index in [1.807, 2.05) is 95.3 Å². The van der Waals surface area contributed by atoms with Crippen molar-refractivity contribution in [1.82, 2.24) is 15.5 Å². The van der Waals surface area contributed by atoms with Crippen molar-refractivity contribution < 1.29 is 9.53 Å². The number of ether oxygens (including phenoxy) is 1. The van der Waals surface area contributed by atoms with Crippen molar-refractivity contribution in [3.8, 4) is 22.4 Å². The number of amides is 1. The maximum Gasteiger partial charge on any atom is 0.408 e. The van der Waals surface area contributed by atoms with E-state index in [1.165, 1.54) is 0 Å². The lowest BCUT2D eigenvalue weighted by molar-refractivity contribution is 0.0470. The molecule has 0 fully saturated rings. The van der Waals surface area contributed by atoms with Crippen LogP contribution in [0.5, 0.6) is 0 Å². The van der Waals surface area contributed by atoms with E-state index in [4.69, 9.17) is 10.5 Å². The number of hydrogen-bond donors (Lipinski definition) is 2. The van der Waals surface area contributed by atoms with Crippen molar-refractivity contribution in [3.63, 3.8) is 0 Å². The molecule has 0 bridgehead atoms. The zero-order chi connectivity index (χ0) is 21.9. The van der Waals surface area contributed by atoms with Gasteiger partial charge in [0.25, 0.3) is 0 Å². The number of rotatable bonds is 4. The van der Waals surface area contributed by atoms with Gasteiger partial charge in [0.2, 0.25) is 0 Å². The van der Waals surface area contributed by atoms with Gasteiger partial charge in [-0.3, -0.25) is 0 Å². The Balaban J connectivity index is 1.89. The van der Waals surface area contributed by atoms with Crippen molar-refractivity contribution in [2.75, 3.05) is 5.73 Å². The standard InChI is InChI=1S/C24H28N4O2/c1-23(2,3)30-22(29)26-24(4,5)18-13-11-17(12-14-18)21-19(15-20(25)27-28-21)16-9-7-6-8-10-16/h6-15H,1-5H3,(H2,25,27)(H,26,29). The second-order valence-corrected chi connectivity index (χ2v) is 8.73. The Morgan fingerprint density at radius 2 is 1.53 bits per heavy atom. The third-order valence-corrected chi connectivity index (χ3v) is 4.59. The first-order chi connectivity index (χ1) is 14.0. The number of nitrogens with one attached hydrogen (secondary N) is 1. The second kappa shape index (κ2) is 8.14. The first-order valence-corrected chi connectivity index (χ1v) is 9.86. The summed E-state index contributed by atoms with van der Waals surface area (Å²) in [7, 11) is 0. The van der Waals surface area contributed by atoms with Gasteiger partial charge in [-0.05, 0) is 51.8 Å². The molecule has 1 aromatic heterocycles. The lowest BCUT2D eigenvalue weighted by Crippen LogP contribution is -2.43. The zero-order valence-electron chi connectivity index (χ0n) is 18.1.